The third-order valence-electron chi connectivity index (χ3n) is 3.68. The molecule has 17 heavy (non-hydrogen) atoms. The Balaban J connectivity index is 4.57. The number of carboxylic acid groups (broad SMARTS) is 1. The zero-order valence-corrected chi connectivity index (χ0v) is 11.6. The van der Waals surface area contributed by atoms with Crippen molar-refractivity contribution in [1.29, 1.82) is 0 Å². The molecule has 0 saturated carbocycles. The van der Waals surface area contributed by atoms with Gasteiger partial charge in [0.2, 0.25) is 5.91 Å². The Morgan fingerprint density at radius 3 is 2.06 bits per heavy atom. The quantitative estimate of drug-likeness (QED) is 0.729. The molecule has 0 fully saturated rings. The number of rotatable bonds is 6. The van der Waals surface area contributed by atoms with E-state index in [0.717, 1.165) is 0 Å². The van der Waals surface area contributed by atoms with Crippen LogP contribution in [0.3, 0.4) is 0 Å². The van der Waals surface area contributed by atoms with E-state index >= 15 is 0 Å². The first-order valence-corrected chi connectivity index (χ1v) is 5.78. The van der Waals surface area contributed by atoms with Crippen molar-refractivity contribution in [2.24, 2.45) is 5.41 Å². The van der Waals surface area contributed by atoms with Crippen molar-refractivity contribution >= 4 is 11.9 Å². The largest absolute Gasteiger partial charge is 0.481 e. The molecule has 0 spiro atoms. The second-order valence-corrected chi connectivity index (χ2v) is 5.32. The van der Waals surface area contributed by atoms with Gasteiger partial charge in [0.1, 0.15) is 0 Å². The number of aliphatic carboxylic acids is 1. The molecule has 0 rings (SSSR count). The second kappa shape index (κ2) is 5.49. The average Bonchev–Trinajstić information content (AvgIpc) is 2.24. The van der Waals surface area contributed by atoms with Crippen LogP contribution >= 0.6 is 0 Å². The molecule has 0 saturated heterocycles. The van der Waals surface area contributed by atoms with Crippen molar-refractivity contribution in [3.63, 3.8) is 0 Å². The molecule has 0 aromatic rings. The van der Waals surface area contributed by atoms with Gasteiger partial charge in [-0.05, 0) is 34.6 Å². The van der Waals surface area contributed by atoms with Gasteiger partial charge in [-0.25, -0.2) is 0 Å². The lowest BCUT2D eigenvalue weighted by Crippen LogP contribution is -2.57. The first kappa shape index (κ1) is 15.9. The van der Waals surface area contributed by atoms with E-state index in [1.54, 1.807) is 39.6 Å². The average molecular weight is 244 g/mol. The molecule has 5 nitrogen and oxygen atoms in total. The zero-order valence-electron chi connectivity index (χ0n) is 11.6. The van der Waals surface area contributed by atoms with Gasteiger partial charge in [-0.15, -0.1) is 0 Å². The lowest BCUT2D eigenvalue weighted by molar-refractivity contribution is -0.151. The molecule has 0 heterocycles. The summed E-state index contributed by atoms with van der Waals surface area (Å²) in [6, 6.07) is 0. The standard InChI is InChI=1S/C12H24N2O3/c1-7-14(6)9(15)8-13-12(4,5)11(2,3)10(16)17/h13H,7-8H2,1-6H3,(H,16,17). The van der Waals surface area contributed by atoms with Crippen LogP contribution in [0.15, 0.2) is 0 Å². The Bertz CT molecular complexity index is 298. The van der Waals surface area contributed by atoms with Gasteiger partial charge in [0, 0.05) is 19.1 Å². The number of carboxylic acids is 1. The van der Waals surface area contributed by atoms with Gasteiger partial charge in [-0.2, -0.15) is 0 Å². The molecular formula is C12H24N2O3. The maximum absolute atomic E-state index is 11.6. The van der Waals surface area contributed by atoms with Crippen LogP contribution in [0, 0.1) is 5.41 Å². The van der Waals surface area contributed by atoms with Gasteiger partial charge in [0.15, 0.2) is 0 Å². The number of amides is 1. The summed E-state index contributed by atoms with van der Waals surface area (Å²) in [5.41, 5.74) is -1.61. The van der Waals surface area contributed by atoms with Crippen LogP contribution in [0.25, 0.3) is 0 Å². The Labute approximate surface area is 103 Å². The highest BCUT2D eigenvalue weighted by molar-refractivity contribution is 5.79. The Hall–Kier alpha value is -1.10. The number of nitrogens with zero attached hydrogens (tertiary/aromatic N) is 1. The highest BCUT2D eigenvalue weighted by Crippen LogP contribution is 2.30. The molecule has 1 amide bonds. The minimum atomic E-state index is -0.946. The maximum atomic E-state index is 11.6. The van der Waals surface area contributed by atoms with Gasteiger partial charge in [-0.3, -0.25) is 9.59 Å². The molecule has 0 bridgehead atoms. The predicted octanol–water partition coefficient (Wildman–Crippen LogP) is 0.944. The minimum absolute atomic E-state index is 0.0400. The van der Waals surface area contributed by atoms with E-state index in [4.69, 9.17) is 5.11 Å². The van der Waals surface area contributed by atoms with Gasteiger partial charge < -0.3 is 15.3 Å². The van der Waals surface area contributed by atoms with Crippen LogP contribution in [0.5, 0.6) is 0 Å². The summed E-state index contributed by atoms with van der Waals surface area (Å²) < 4.78 is 0. The molecule has 100 valence electrons. The first-order valence-electron chi connectivity index (χ1n) is 5.78. The summed E-state index contributed by atoms with van der Waals surface area (Å²) in [6.07, 6.45) is 0. The summed E-state index contributed by atoms with van der Waals surface area (Å²) in [4.78, 5) is 24.4. The number of hydrogen-bond donors (Lipinski definition) is 2. The smallest absolute Gasteiger partial charge is 0.310 e. The van der Waals surface area contributed by atoms with Gasteiger partial charge in [-0.1, -0.05) is 0 Å². The topological polar surface area (TPSA) is 69.6 Å². The SMILES string of the molecule is CCN(C)C(=O)CNC(C)(C)C(C)(C)C(=O)O. The molecule has 0 aliphatic heterocycles. The molecule has 0 radical (unpaired) electrons. The summed E-state index contributed by atoms with van der Waals surface area (Å²) in [6.45, 7) is 9.56. The van der Waals surface area contributed by atoms with Crippen LogP contribution in [-0.4, -0.2) is 47.6 Å². The van der Waals surface area contributed by atoms with Crippen molar-refractivity contribution in [1.82, 2.24) is 10.2 Å². The molecule has 0 unspecified atom stereocenters. The van der Waals surface area contributed by atoms with Crippen LogP contribution in [0.4, 0.5) is 0 Å². The predicted molar refractivity (Wildman–Crippen MR) is 66.8 cm³/mol. The fourth-order valence-corrected chi connectivity index (χ4v) is 1.10. The van der Waals surface area contributed by atoms with Gasteiger partial charge in [0.05, 0.1) is 12.0 Å². The maximum Gasteiger partial charge on any atom is 0.310 e. The second-order valence-electron chi connectivity index (χ2n) is 5.32. The van der Waals surface area contributed by atoms with Crippen LogP contribution in [0.2, 0.25) is 0 Å². The van der Waals surface area contributed by atoms with Crippen LogP contribution in [0.1, 0.15) is 34.6 Å². The van der Waals surface area contributed by atoms with Crippen LogP contribution < -0.4 is 5.32 Å². The first-order chi connectivity index (χ1) is 7.56. The number of nitrogens with one attached hydrogen (secondary N) is 1. The van der Waals surface area contributed by atoms with Gasteiger partial charge in [0.25, 0.3) is 0 Å². The van der Waals surface area contributed by atoms with E-state index in [1.165, 1.54) is 0 Å². The highest BCUT2D eigenvalue weighted by Gasteiger charge is 2.43. The molecular weight excluding hydrogens is 220 g/mol. The van der Waals surface area contributed by atoms with E-state index < -0.39 is 16.9 Å². The monoisotopic (exact) mass is 244 g/mol. The molecule has 0 atom stereocenters. The number of hydrogen-bond acceptors (Lipinski definition) is 3. The summed E-state index contributed by atoms with van der Waals surface area (Å²) in [7, 11) is 1.72. The van der Waals surface area contributed by atoms with E-state index in [0.29, 0.717) is 6.54 Å². The van der Waals surface area contributed by atoms with Gasteiger partial charge >= 0.3 is 5.97 Å². The third-order valence-corrected chi connectivity index (χ3v) is 3.68. The Morgan fingerprint density at radius 2 is 1.71 bits per heavy atom. The molecule has 2 N–H and O–H groups in total. The minimum Gasteiger partial charge on any atom is -0.481 e. The summed E-state index contributed by atoms with van der Waals surface area (Å²) in [5.74, 6) is -0.923. The molecule has 0 aromatic heterocycles. The lowest BCUT2D eigenvalue weighted by Gasteiger charge is -2.39. The van der Waals surface area contributed by atoms with Crippen molar-refractivity contribution in [3.8, 4) is 0 Å². The van der Waals surface area contributed by atoms with E-state index in [2.05, 4.69) is 5.32 Å². The van der Waals surface area contributed by atoms with E-state index in [-0.39, 0.29) is 12.5 Å². The fraction of sp³-hybridized carbons (Fsp3) is 0.833. The summed E-state index contributed by atoms with van der Waals surface area (Å²) >= 11 is 0. The molecule has 0 aliphatic rings. The lowest BCUT2D eigenvalue weighted by atomic mass is 9.74. The van der Waals surface area contributed by atoms with E-state index in [1.807, 2.05) is 6.92 Å². The molecule has 0 aromatic carbocycles. The highest BCUT2D eigenvalue weighted by atomic mass is 16.4. The summed E-state index contributed by atoms with van der Waals surface area (Å²) in [5, 5.41) is 12.2. The number of carbonyl (C=O) groups excluding carboxylic acids is 1. The van der Waals surface area contributed by atoms with E-state index in [9.17, 15) is 9.59 Å². The van der Waals surface area contributed by atoms with Crippen molar-refractivity contribution < 1.29 is 14.7 Å². The Morgan fingerprint density at radius 1 is 1.24 bits per heavy atom. The van der Waals surface area contributed by atoms with Crippen molar-refractivity contribution in [2.75, 3.05) is 20.1 Å². The normalized spacial score (nSPS) is 12.4. The fourth-order valence-electron chi connectivity index (χ4n) is 1.10. The molecule has 0 aliphatic carbocycles. The zero-order chi connectivity index (χ0) is 13.9. The number of carbonyl (C=O) groups is 2. The Kier molecular flexibility index (Phi) is 5.13. The molecule has 5 heteroatoms. The van der Waals surface area contributed by atoms with Crippen molar-refractivity contribution in [2.45, 2.75) is 40.2 Å². The third kappa shape index (κ3) is 3.70. The number of likely N-dealkylation sites (N-methyl/N-ethyl adjacent to an activating group) is 1. The van der Waals surface area contributed by atoms with Crippen LogP contribution in [-0.2, 0) is 9.59 Å². The van der Waals surface area contributed by atoms with Crippen molar-refractivity contribution in [3.05, 3.63) is 0 Å².